The number of benzene rings is 2. The first-order valence-electron chi connectivity index (χ1n) is 8.96. The number of amides is 1. The number of carbonyl (C=O) groups excluding carboxylic acids is 1. The van der Waals surface area contributed by atoms with Gasteiger partial charge in [0.15, 0.2) is 11.6 Å². The molecule has 0 bridgehead atoms. The van der Waals surface area contributed by atoms with Gasteiger partial charge in [0, 0.05) is 37.0 Å². The van der Waals surface area contributed by atoms with Gasteiger partial charge in [-0.3, -0.25) is 14.9 Å². The van der Waals surface area contributed by atoms with Crippen molar-refractivity contribution in [1.82, 2.24) is 4.31 Å². The summed E-state index contributed by atoms with van der Waals surface area (Å²) >= 11 is 0. The van der Waals surface area contributed by atoms with Crippen LogP contribution in [0.2, 0.25) is 0 Å². The van der Waals surface area contributed by atoms with E-state index in [-0.39, 0.29) is 16.3 Å². The molecule has 0 aromatic heterocycles. The van der Waals surface area contributed by atoms with Gasteiger partial charge >= 0.3 is 0 Å². The second kappa shape index (κ2) is 8.71. The molecule has 9 nitrogen and oxygen atoms in total. The second-order valence-corrected chi connectivity index (χ2v) is 8.49. The number of sulfonamides is 1. The highest BCUT2D eigenvalue weighted by Gasteiger charge is 2.31. The topological polar surface area (TPSA) is 122 Å². The van der Waals surface area contributed by atoms with Crippen molar-refractivity contribution >= 4 is 33.0 Å². The van der Waals surface area contributed by atoms with Crippen LogP contribution < -0.4 is 10.6 Å². The standard InChI is InChI=1S/C18H18F2N4O5S/c19-14-5-3-12(9-15(14)20)22-18(25)11-21-16-6-4-13(24(26)27)10-17(16)30(28,29)23-7-1-2-8-23/h3-6,9-10,21H,1-2,7-8,11H2,(H,22,25). The first-order valence-corrected chi connectivity index (χ1v) is 10.4. The van der Waals surface area contributed by atoms with Crippen LogP contribution in [0.1, 0.15) is 12.8 Å². The summed E-state index contributed by atoms with van der Waals surface area (Å²) in [6.45, 7) is 0.210. The third-order valence-corrected chi connectivity index (χ3v) is 6.44. The number of nitrogens with one attached hydrogen (secondary N) is 2. The number of hydrogen-bond acceptors (Lipinski definition) is 6. The SMILES string of the molecule is O=C(CNc1ccc([N+](=O)[O-])cc1S(=O)(=O)N1CCCC1)Nc1ccc(F)c(F)c1. The predicted octanol–water partition coefficient (Wildman–Crippen LogP) is 2.71. The Kier molecular flexibility index (Phi) is 6.27. The van der Waals surface area contributed by atoms with Crippen LogP contribution in [0.25, 0.3) is 0 Å². The third kappa shape index (κ3) is 4.71. The van der Waals surface area contributed by atoms with Gasteiger partial charge in [0.1, 0.15) is 4.90 Å². The Hall–Kier alpha value is -3.12. The predicted molar refractivity (Wildman–Crippen MR) is 105 cm³/mol. The summed E-state index contributed by atoms with van der Waals surface area (Å²) in [6.07, 6.45) is 1.38. The van der Waals surface area contributed by atoms with Crippen molar-refractivity contribution < 1.29 is 26.9 Å². The zero-order valence-electron chi connectivity index (χ0n) is 15.6. The Labute approximate surface area is 170 Å². The average molecular weight is 440 g/mol. The van der Waals surface area contributed by atoms with Crippen molar-refractivity contribution in [3.8, 4) is 0 Å². The van der Waals surface area contributed by atoms with Crippen molar-refractivity contribution in [3.05, 3.63) is 58.1 Å². The second-order valence-electron chi connectivity index (χ2n) is 6.58. The smallest absolute Gasteiger partial charge is 0.270 e. The summed E-state index contributed by atoms with van der Waals surface area (Å²) in [5.41, 5.74) is -0.355. The molecule has 0 radical (unpaired) electrons. The minimum absolute atomic E-state index is 0.0212. The first kappa shape index (κ1) is 21.6. The highest BCUT2D eigenvalue weighted by molar-refractivity contribution is 7.89. The quantitative estimate of drug-likeness (QED) is 0.504. The lowest BCUT2D eigenvalue weighted by molar-refractivity contribution is -0.385. The number of rotatable bonds is 7. The summed E-state index contributed by atoms with van der Waals surface area (Å²) < 4.78 is 53.3. The Morgan fingerprint density at radius 2 is 1.80 bits per heavy atom. The zero-order chi connectivity index (χ0) is 21.9. The van der Waals surface area contributed by atoms with Gasteiger partial charge in [-0.05, 0) is 31.0 Å². The van der Waals surface area contributed by atoms with Gasteiger partial charge in [0.05, 0.1) is 17.2 Å². The number of nitrogens with zero attached hydrogens (tertiary/aromatic N) is 2. The van der Waals surface area contributed by atoms with E-state index in [1.54, 1.807) is 0 Å². The molecule has 0 unspecified atom stereocenters. The fourth-order valence-corrected chi connectivity index (χ4v) is 4.71. The largest absolute Gasteiger partial charge is 0.375 e. The molecule has 0 spiro atoms. The van der Waals surface area contributed by atoms with Gasteiger partial charge in [0.25, 0.3) is 5.69 Å². The van der Waals surface area contributed by atoms with Crippen LogP contribution in [0.5, 0.6) is 0 Å². The van der Waals surface area contributed by atoms with Crippen LogP contribution in [0, 0.1) is 21.7 Å². The summed E-state index contributed by atoms with van der Waals surface area (Å²) in [7, 11) is -4.00. The minimum Gasteiger partial charge on any atom is -0.375 e. The van der Waals surface area contributed by atoms with E-state index >= 15 is 0 Å². The Morgan fingerprint density at radius 3 is 2.43 bits per heavy atom. The molecular weight excluding hydrogens is 422 g/mol. The fraction of sp³-hybridized carbons (Fsp3) is 0.278. The molecule has 0 atom stereocenters. The van der Waals surface area contributed by atoms with Gasteiger partial charge in [-0.15, -0.1) is 0 Å². The van der Waals surface area contributed by atoms with E-state index in [0.717, 1.165) is 24.3 Å². The van der Waals surface area contributed by atoms with Gasteiger partial charge < -0.3 is 10.6 Å². The lowest BCUT2D eigenvalue weighted by Crippen LogP contribution is -2.29. The monoisotopic (exact) mass is 440 g/mol. The van der Waals surface area contributed by atoms with E-state index in [2.05, 4.69) is 10.6 Å². The van der Waals surface area contributed by atoms with Crippen LogP contribution in [-0.4, -0.2) is 43.2 Å². The summed E-state index contributed by atoms with van der Waals surface area (Å²) in [6, 6.07) is 6.12. The number of anilines is 2. The van der Waals surface area contributed by atoms with E-state index in [1.807, 2.05) is 0 Å². The van der Waals surface area contributed by atoms with E-state index in [9.17, 15) is 32.1 Å². The fourth-order valence-electron chi connectivity index (χ4n) is 3.01. The van der Waals surface area contributed by atoms with Crippen LogP contribution >= 0.6 is 0 Å². The number of hydrogen-bond donors (Lipinski definition) is 2. The average Bonchev–Trinajstić information content (AvgIpc) is 3.25. The summed E-state index contributed by atoms with van der Waals surface area (Å²) in [5, 5.41) is 16.1. The molecule has 1 saturated heterocycles. The molecule has 12 heteroatoms. The molecule has 0 aliphatic carbocycles. The number of halogens is 2. The van der Waals surface area contributed by atoms with Crippen molar-refractivity contribution in [2.45, 2.75) is 17.7 Å². The maximum absolute atomic E-state index is 13.2. The molecule has 0 saturated carbocycles. The molecule has 2 N–H and O–H groups in total. The Bertz CT molecular complexity index is 1090. The summed E-state index contributed by atoms with van der Waals surface area (Å²) in [5.74, 6) is -2.84. The van der Waals surface area contributed by atoms with Crippen LogP contribution in [0.4, 0.5) is 25.8 Å². The Balaban J connectivity index is 1.80. The number of non-ortho nitro benzene ring substituents is 1. The van der Waals surface area contributed by atoms with Crippen LogP contribution in [0.15, 0.2) is 41.3 Å². The van der Waals surface area contributed by atoms with Crippen molar-refractivity contribution in [1.29, 1.82) is 0 Å². The van der Waals surface area contributed by atoms with E-state index in [4.69, 9.17) is 0 Å². The molecule has 1 aliphatic rings. The van der Waals surface area contributed by atoms with Crippen molar-refractivity contribution in [2.75, 3.05) is 30.3 Å². The van der Waals surface area contributed by atoms with Gasteiger partial charge in [0.2, 0.25) is 15.9 Å². The molecule has 1 fully saturated rings. The third-order valence-electron chi connectivity index (χ3n) is 4.50. The molecular formula is C18H18F2N4O5S. The van der Waals surface area contributed by atoms with E-state index in [1.165, 1.54) is 16.4 Å². The molecule has 1 amide bonds. The highest BCUT2D eigenvalue weighted by Crippen LogP contribution is 2.30. The molecule has 30 heavy (non-hydrogen) atoms. The maximum Gasteiger partial charge on any atom is 0.270 e. The Morgan fingerprint density at radius 1 is 1.10 bits per heavy atom. The molecule has 2 aromatic rings. The minimum atomic E-state index is -4.00. The molecule has 160 valence electrons. The van der Waals surface area contributed by atoms with E-state index < -0.39 is 44.7 Å². The van der Waals surface area contributed by atoms with Gasteiger partial charge in [-0.25, -0.2) is 17.2 Å². The molecule has 3 rings (SSSR count). The van der Waals surface area contributed by atoms with Crippen LogP contribution in [0.3, 0.4) is 0 Å². The first-order chi connectivity index (χ1) is 14.2. The zero-order valence-corrected chi connectivity index (χ0v) is 16.4. The van der Waals surface area contributed by atoms with Crippen molar-refractivity contribution in [3.63, 3.8) is 0 Å². The molecule has 1 aliphatic heterocycles. The van der Waals surface area contributed by atoms with E-state index in [0.29, 0.717) is 25.9 Å². The van der Waals surface area contributed by atoms with Gasteiger partial charge in [-0.1, -0.05) is 0 Å². The summed E-state index contributed by atoms with van der Waals surface area (Å²) in [4.78, 5) is 22.2. The lowest BCUT2D eigenvalue weighted by atomic mass is 10.2. The van der Waals surface area contributed by atoms with Gasteiger partial charge in [-0.2, -0.15) is 4.31 Å². The highest BCUT2D eigenvalue weighted by atomic mass is 32.2. The normalized spacial score (nSPS) is 14.5. The number of carbonyl (C=O) groups is 1. The maximum atomic E-state index is 13.2. The lowest BCUT2D eigenvalue weighted by Gasteiger charge is -2.18. The van der Waals surface area contributed by atoms with Crippen LogP contribution in [-0.2, 0) is 14.8 Å². The number of nitro groups is 1. The molecule has 2 aromatic carbocycles. The molecule has 1 heterocycles. The number of nitro benzene ring substituents is 1. The van der Waals surface area contributed by atoms with Crippen molar-refractivity contribution in [2.24, 2.45) is 0 Å².